The molecule has 1 aliphatic rings. The molecule has 1 N–H and O–H groups in total. The molecule has 5 heteroatoms. The van der Waals surface area contributed by atoms with E-state index >= 15 is 0 Å². The first-order valence-electron chi connectivity index (χ1n) is 10.3. The zero-order chi connectivity index (χ0) is 20.7. The summed E-state index contributed by atoms with van der Waals surface area (Å²) in [5.74, 6) is 0. The molecule has 1 aliphatic heterocycles. The molecule has 0 saturated heterocycles. The number of nitrogens with zero attached hydrogens (tertiary/aromatic N) is 2. The maximum absolute atomic E-state index is 10.5. The van der Waals surface area contributed by atoms with Crippen LogP contribution in [-0.4, -0.2) is 53.2 Å². The zero-order valence-corrected chi connectivity index (χ0v) is 17.6. The van der Waals surface area contributed by atoms with Crippen LogP contribution in [0.2, 0.25) is 0 Å². The van der Waals surface area contributed by atoms with E-state index in [2.05, 4.69) is 34.3 Å². The van der Waals surface area contributed by atoms with Crippen LogP contribution < -0.4 is 0 Å². The van der Waals surface area contributed by atoms with Gasteiger partial charge in [-0.1, -0.05) is 65.8 Å². The smallest absolute Gasteiger partial charge is 0.145 e. The highest BCUT2D eigenvalue weighted by atomic mass is 16.6. The summed E-state index contributed by atoms with van der Waals surface area (Å²) in [6.07, 6.45) is 0.183. The molecular formula is C24H32N2O3. The maximum atomic E-state index is 10.5. The Kier molecular flexibility index (Phi) is 7.42. The van der Waals surface area contributed by atoms with Crippen LogP contribution in [0.4, 0.5) is 0 Å². The van der Waals surface area contributed by atoms with Crippen LogP contribution in [0.3, 0.4) is 0 Å². The third-order valence-electron chi connectivity index (χ3n) is 4.73. The summed E-state index contributed by atoms with van der Waals surface area (Å²) in [5, 5.41) is 14.8. The minimum Gasteiger partial charge on any atom is -0.390 e. The first-order chi connectivity index (χ1) is 13.9. The van der Waals surface area contributed by atoms with Crippen molar-refractivity contribution in [3.8, 4) is 0 Å². The van der Waals surface area contributed by atoms with Gasteiger partial charge in [0, 0.05) is 26.1 Å². The molecule has 0 bridgehead atoms. The Balaban J connectivity index is 1.59. The molecule has 5 nitrogen and oxygen atoms in total. The molecule has 1 heterocycles. The van der Waals surface area contributed by atoms with Crippen molar-refractivity contribution >= 4 is 5.71 Å². The molecule has 2 aromatic carbocycles. The summed E-state index contributed by atoms with van der Waals surface area (Å²) in [6, 6.07) is 20.4. The molecule has 0 unspecified atom stereocenters. The second-order valence-corrected chi connectivity index (χ2v) is 8.59. The zero-order valence-electron chi connectivity index (χ0n) is 17.6. The number of benzene rings is 2. The lowest BCUT2D eigenvalue weighted by Gasteiger charge is -2.28. The summed E-state index contributed by atoms with van der Waals surface area (Å²) in [4.78, 5) is 7.94. The van der Waals surface area contributed by atoms with Crippen molar-refractivity contribution in [3.05, 3.63) is 71.8 Å². The van der Waals surface area contributed by atoms with E-state index in [9.17, 15) is 5.11 Å². The third-order valence-corrected chi connectivity index (χ3v) is 4.73. The predicted octanol–water partition coefficient (Wildman–Crippen LogP) is 3.86. The lowest BCUT2D eigenvalue weighted by Crippen LogP contribution is -2.40. The molecule has 0 radical (unpaired) electrons. The summed E-state index contributed by atoms with van der Waals surface area (Å²) >= 11 is 0. The lowest BCUT2D eigenvalue weighted by atomic mass is 10.0. The second-order valence-electron chi connectivity index (χ2n) is 8.59. The molecule has 0 saturated carbocycles. The van der Waals surface area contributed by atoms with E-state index in [1.165, 1.54) is 5.56 Å². The van der Waals surface area contributed by atoms with Gasteiger partial charge in [-0.3, -0.25) is 4.90 Å². The van der Waals surface area contributed by atoms with Crippen molar-refractivity contribution in [1.82, 2.24) is 4.90 Å². The van der Waals surface area contributed by atoms with Crippen molar-refractivity contribution in [2.75, 3.05) is 19.7 Å². The second kappa shape index (κ2) is 10.0. The molecule has 0 aromatic heterocycles. The van der Waals surface area contributed by atoms with Gasteiger partial charge >= 0.3 is 0 Å². The first-order valence-corrected chi connectivity index (χ1v) is 10.3. The summed E-state index contributed by atoms with van der Waals surface area (Å²) in [5.41, 5.74) is 3.02. The van der Waals surface area contributed by atoms with Crippen LogP contribution in [0, 0.1) is 0 Å². The van der Waals surface area contributed by atoms with Crippen molar-refractivity contribution in [2.24, 2.45) is 5.16 Å². The maximum Gasteiger partial charge on any atom is 0.145 e. The minimum atomic E-state index is -0.561. The van der Waals surface area contributed by atoms with Crippen LogP contribution in [0.5, 0.6) is 0 Å². The van der Waals surface area contributed by atoms with Gasteiger partial charge in [0.1, 0.15) is 6.10 Å². The Bertz CT molecular complexity index is 772. The Morgan fingerprint density at radius 3 is 2.41 bits per heavy atom. The van der Waals surface area contributed by atoms with E-state index in [0.29, 0.717) is 19.7 Å². The van der Waals surface area contributed by atoms with Gasteiger partial charge in [0.2, 0.25) is 0 Å². The quantitative estimate of drug-likeness (QED) is 0.699. The number of hydrogen-bond donors (Lipinski definition) is 1. The molecule has 156 valence electrons. The van der Waals surface area contributed by atoms with E-state index in [1.807, 2.05) is 57.2 Å². The van der Waals surface area contributed by atoms with Gasteiger partial charge in [0.05, 0.1) is 24.0 Å². The Hall–Kier alpha value is -2.21. The van der Waals surface area contributed by atoms with Gasteiger partial charge < -0.3 is 14.7 Å². The number of ether oxygens (including phenoxy) is 1. The Morgan fingerprint density at radius 1 is 1.10 bits per heavy atom. The van der Waals surface area contributed by atoms with Crippen molar-refractivity contribution in [2.45, 2.75) is 51.5 Å². The SMILES string of the molecule is CC(C)(C)OC[C@H](O)CN(Cc1ccccc1)C[C@@H]1CC(c2ccccc2)=NO1. The highest BCUT2D eigenvalue weighted by Gasteiger charge is 2.26. The normalized spacial score (nSPS) is 17.8. The molecule has 0 aliphatic carbocycles. The molecule has 0 spiro atoms. The Morgan fingerprint density at radius 2 is 1.76 bits per heavy atom. The minimum absolute atomic E-state index is 0.0235. The summed E-state index contributed by atoms with van der Waals surface area (Å²) < 4.78 is 5.76. The van der Waals surface area contributed by atoms with Gasteiger partial charge in [-0.2, -0.15) is 0 Å². The van der Waals surface area contributed by atoms with Gasteiger partial charge in [-0.25, -0.2) is 0 Å². The van der Waals surface area contributed by atoms with Crippen molar-refractivity contribution in [3.63, 3.8) is 0 Å². The molecule has 29 heavy (non-hydrogen) atoms. The van der Waals surface area contributed by atoms with E-state index in [4.69, 9.17) is 9.57 Å². The molecule has 2 atom stereocenters. The predicted molar refractivity (Wildman–Crippen MR) is 116 cm³/mol. The first kappa shape index (κ1) is 21.5. The van der Waals surface area contributed by atoms with E-state index in [1.54, 1.807) is 0 Å². The molecule has 0 fully saturated rings. The molecule has 2 aromatic rings. The number of aliphatic hydroxyl groups is 1. The molecule has 0 amide bonds. The number of oxime groups is 1. The fraction of sp³-hybridized carbons (Fsp3) is 0.458. The lowest BCUT2D eigenvalue weighted by molar-refractivity contribution is -0.0600. The van der Waals surface area contributed by atoms with Crippen LogP contribution in [0.1, 0.15) is 38.3 Å². The van der Waals surface area contributed by atoms with Gasteiger partial charge in [0.15, 0.2) is 0 Å². The average molecular weight is 397 g/mol. The monoisotopic (exact) mass is 396 g/mol. The summed E-state index contributed by atoms with van der Waals surface area (Å²) in [6.45, 7) is 8.26. The highest BCUT2D eigenvalue weighted by molar-refractivity contribution is 6.01. The topological polar surface area (TPSA) is 54.3 Å². The van der Waals surface area contributed by atoms with E-state index in [0.717, 1.165) is 24.2 Å². The van der Waals surface area contributed by atoms with E-state index in [-0.39, 0.29) is 11.7 Å². The standard InChI is InChI=1S/C24H32N2O3/c1-24(2,3)28-18-21(27)16-26(15-19-10-6-4-7-11-19)17-22-14-23(25-29-22)20-12-8-5-9-13-20/h4-13,21-22,27H,14-18H2,1-3H3/t21-,22+/m1/s1. The Labute approximate surface area is 173 Å². The fourth-order valence-electron chi connectivity index (χ4n) is 3.36. The third kappa shape index (κ3) is 7.28. The number of hydrogen-bond acceptors (Lipinski definition) is 5. The molecule has 3 rings (SSSR count). The van der Waals surface area contributed by atoms with Gasteiger partial charge in [-0.05, 0) is 31.9 Å². The molecular weight excluding hydrogens is 364 g/mol. The fourth-order valence-corrected chi connectivity index (χ4v) is 3.36. The van der Waals surface area contributed by atoms with Crippen LogP contribution in [-0.2, 0) is 16.1 Å². The average Bonchev–Trinajstić information content (AvgIpc) is 3.16. The van der Waals surface area contributed by atoms with Crippen LogP contribution >= 0.6 is 0 Å². The number of aliphatic hydroxyl groups excluding tert-OH is 1. The van der Waals surface area contributed by atoms with Crippen molar-refractivity contribution in [1.29, 1.82) is 0 Å². The van der Waals surface area contributed by atoms with E-state index < -0.39 is 6.10 Å². The summed E-state index contributed by atoms with van der Waals surface area (Å²) in [7, 11) is 0. The van der Waals surface area contributed by atoms with Crippen molar-refractivity contribution < 1.29 is 14.7 Å². The van der Waals surface area contributed by atoms with Gasteiger partial charge in [-0.15, -0.1) is 0 Å². The van der Waals surface area contributed by atoms with Crippen LogP contribution in [0.15, 0.2) is 65.8 Å². The van der Waals surface area contributed by atoms with Gasteiger partial charge in [0.25, 0.3) is 0 Å². The largest absolute Gasteiger partial charge is 0.390 e. The highest BCUT2D eigenvalue weighted by Crippen LogP contribution is 2.19. The van der Waals surface area contributed by atoms with Crippen LogP contribution in [0.25, 0.3) is 0 Å². The number of rotatable bonds is 9.